The van der Waals surface area contributed by atoms with E-state index in [0.29, 0.717) is 0 Å². The maximum Gasteiger partial charge on any atom is 0.0975 e. The Kier molecular flexibility index (Phi) is 4.87. The molecule has 2 nitrogen and oxygen atoms in total. The average molecular weight is 275 g/mol. The van der Waals surface area contributed by atoms with Gasteiger partial charge in [0.25, 0.3) is 0 Å². The molecular formula is C18H29NO. The molecule has 2 heteroatoms. The molecule has 0 aromatic heterocycles. The number of likely N-dealkylation sites (N-methyl/N-ethyl adjacent to an activating group) is 1. The minimum absolute atomic E-state index is 0.101. The SMILES string of the molecule is Cc1ccc(C(O)C2(N(C)C)CCCCCC2)c(C)c1. The van der Waals surface area contributed by atoms with Gasteiger partial charge in [-0.15, -0.1) is 0 Å². The van der Waals surface area contributed by atoms with Crippen molar-refractivity contribution in [3.8, 4) is 0 Å². The first-order chi connectivity index (χ1) is 9.47. The first-order valence-electron chi connectivity index (χ1n) is 7.90. The number of benzene rings is 1. The summed E-state index contributed by atoms with van der Waals surface area (Å²) in [6.07, 6.45) is 6.84. The van der Waals surface area contributed by atoms with Crippen LogP contribution in [0.1, 0.15) is 61.3 Å². The Hall–Kier alpha value is -0.860. The zero-order valence-electron chi connectivity index (χ0n) is 13.4. The lowest BCUT2D eigenvalue weighted by Gasteiger charge is -2.44. The summed E-state index contributed by atoms with van der Waals surface area (Å²) in [5.74, 6) is 0. The van der Waals surface area contributed by atoms with Crippen LogP contribution in [0.25, 0.3) is 0 Å². The molecule has 1 aromatic rings. The molecule has 1 saturated carbocycles. The third-order valence-corrected chi connectivity index (χ3v) is 5.09. The molecule has 1 atom stereocenters. The van der Waals surface area contributed by atoms with Crippen LogP contribution in [0.4, 0.5) is 0 Å². The second kappa shape index (κ2) is 6.28. The van der Waals surface area contributed by atoms with E-state index < -0.39 is 6.10 Å². The Bertz CT molecular complexity index is 445. The standard InChI is InChI=1S/C18H29NO/c1-14-9-10-16(15(2)13-14)17(20)18(19(3)4)11-7-5-6-8-12-18/h9-10,13,17,20H,5-8,11-12H2,1-4H3. The van der Waals surface area contributed by atoms with Crippen molar-refractivity contribution >= 4 is 0 Å². The smallest absolute Gasteiger partial charge is 0.0975 e. The van der Waals surface area contributed by atoms with E-state index >= 15 is 0 Å². The molecule has 0 bridgehead atoms. The molecule has 1 unspecified atom stereocenters. The van der Waals surface area contributed by atoms with Crippen molar-refractivity contribution in [2.75, 3.05) is 14.1 Å². The third-order valence-electron chi connectivity index (χ3n) is 5.09. The van der Waals surface area contributed by atoms with Crippen LogP contribution < -0.4 is 0 Å². The molecule has 0 saturated heterocycles. The van der Waals surface area contributed by atoms with Crippen LogP contribution in [0.15, 0.2) is 18.2 Å². The van der Waals surface area contributed by atoms with Crippen molar-refractivity contribution in [2.24, 2.45) is 0 Å². The molecule has 1 N–H and O–H groups in total. The molecule has 0 aliphatic heterocycles. The monoisotopic (exact) mass is 275 g/mol. The van der Waals surface area contributed by atoms with Gasteiger partial charge in [-0.05, 0) is 51.9 Å². The predicted octanol–water partition coefficient (Wildman–Crippen LogP) is 3.99. The van der Waals surface area contributed by atoms with Gasteiger partial charge < -0.3 is 10.0 Å². The van der Waals surface area contributed by atoms with Gasteiger partial charge in [-0.1, -0.05) is 49.4 Å². The van der Waals surface area contributed by atoms with Crippen LogP contribution in [0.3, 0.4) is 0 Å². The quantitative estimate of drug-likeness (QED) is 0.843. The highest BCUT2D eigenvalue weighted by molar-refractivity contribution is 5.34. The van der Waals surface area contributed by atoms with Crippen LogP contribution in [-0.4, -0.2) is 29.6 Å². The van der Waals surface area contributed by atoms with Crippen LogP contribution in [0.5, 0.6) is 0 Å². The Morgan fingerprint density at radius 2 is 1.65 bits per heavy atom. The minimum Gasteiger partial charge on any atom is -0.386 e. The highest BCUT2D eigenvalue weighted by Crippen LogP contribution is 2.41. The molecule has 2 rings (SSSR count). The summed E-state index contributed by atoms with van der Waals surface area (Å²) in [6.45, 7) is 4.22. The molecule has 20 heavy (non-hydrogen) atoms. The fraction of sp³-hybridized carbons (Fsp3) is 0.667. The van der Waals surface area contributed by atoms with Crippen molar-refractivity contribution in [3.05, 3.63) is 34.9 Å². The summed E-state index contributed by atoms with van der Waals surface area (Å²) < 4.78 is 0. The third kappa shape index (κ3) is 2.91. The summed E-state index contributed by atoms with van der Waals surface area (Å²) in [7, 11) is 4.25. The normalized spacial score (nSPS) is 20.7. The molecule has 0 radical (unpaired) electrons. The first kappa shape index (κ1) is 15.5. The lowest BCUT2D eigenvalue weighted by atomic mass is 9.79. The van der Waals surface area contributed by atoms with Gasteiger partial charge in [-0.3, -0.25) is 0 Å². The molecular weight excluding hydrogens is 246 g/mol. The van der Waals surface area contributed by atoms with Crippen LogP contribution >= 0.6 is 0 Å². The summed E-state index contributed by atoms with van der Waals surface area (Å²) >= 11 is 0. The maximum atomic E-state index is 11.1. The minimum atomic E-state index is -0.392. The average Bonchev–Trinajstić information content (AvgIpc) is 2.64. The second-order valence-corrected chi connectivity index (χ2v) is 6.67. The van der Waals surface area contributed by atoms with Gasteiger partial charge in [0.05, 0.1) is 11.6 Å². The zero-order chi connectivity index (χ0) is 14.8. The first-order valence-corrected chi connectivity index (χ1v) is 7.90. The van der Waals surface area contributed by atoms with Crippen LogP contribution in [0.2, 0.25) is 0 Å². The van der Waals surface area contributed by atoms with Crippen LogP contribution in [0, 0.1) is 13.8 Å². The van der Waals surface area contributed by atoms with E-state index in [0.717, 1.165) is 18.4 Å². The molecule has 112 valence electrons. The summed E-state index contributed by atoms with van der Waals surface area (Å²) in [5, 5.41) is 11.1. The van der Waals surface area contributed by atoms with E-state index in [9.17, 15) is 5.11 Å². The van der Waals surface area contributed by atoms with E-state index in [2.05, 4.69) is 51.0 Å². The largest absolute Gasteiger partial charge is 0.386 e. The lowest BCUT2D eigenvalue weighted by Crippen LogP contribution is -2.49. The highest BCUT2D eigenvalue weighted by atomic mass is 16.3. The molecule has 1 aliphatic rings. The summed E-state index contributed by atoms with van der Waals surface area (Å²) in [6, 6.07) is 6.41. The number of aryl methyl sites for hydroxylation is 2. The maximum absolute atomic E-state index is 11.1. The predicted molar refractivity (Wildman–Crippen MR) is 85.0 cm³/mol. The van der Waals surface area contributed by atoms with Gasteiger partial charge in [-0.2, -0.15) is 0 Å². The second-order valence-electron chi connectivity index (χ2n) is 6.67. The van der Waals surface area contributed by atoms with Gasteiger partial charge in [0, 0.05) is 0 Å². The van der Waals surface area contributed by atoms with Crippen molar-refractivity contribution in [1.29, 1.82) is 0 Å². The van der Waals surface area contributed by atoms with Crippen molar-refractivity contribution in [2.45, 2.75) is 64.0 Å². The Labute approximate surface area is 123 Å². The molecule has 0 spiro atoms. The van der Waals surface area contributed by atoms with Crippen LogP contribution in [-0.2, 0) is 0 Å². The zero-order valence-corrected chi connectivity index (χ0v) is 13.4. The number of rotatable bonds is 3. The van der Waals surface area contributed by atoms with Gasteiger partial charge in [-0.25, -0.2) is 0 Å². The van der Waals surface area contributed by atoms with E-state index in [1.54, 1.807) is 0 Å². The van der Waals surface area contributed by atoms with Crippen molar-refractivity contribution < 1.29 is 5.11 Å². The lowest BCUT2D eigenvalue weighted by molar-refractivity contribution is -0.0202. The van der Waals surface area contributed by atoms with Gasteiger partial charge in [0.1, 0.15) is 0 Å². The Morgan fingerprint density at radius 3 is 2.15 bits per heavy atom. The molecule has 0 heterocycles. The van der Waals surface area contributed by atoms with Crippen molar-refractivity contribution in [3.63, 3.8) is 0 Å². The molecule has 0 amide bonds. The molecule has 1 fully saturated rings. The van der Waals surface area contributed by atoms with E-state index in [4.69, 9.17) is 0 Å². The number of aliphatic hydroxyl groups is 1. The summed E-state index contributed by atoms with van der Waals surface area (Å²) in [4.78, 5) is 2.27. The van der Waals surface area contributed by atoms with E-state index in [1.807, 2.05) is 0 Å². The fourth-order valence-corrected chi connectivity index (χ4v) is 3.73. The van der Waals surface area contributed by atoms with Gasteiger partial charge in [0.2, 0.25) is 0 Å². The number of aliphatic hydroxyl groups excluding tert-OH is 1. The van der Waals surface area contributed by atoms with E-state index in [1.165, 1.54) is 36.8 Å². The highest BCUT2D eigenvalue weighted by Gasteiger charge is 2.41. The Morgan fingerprint density at radius 1 is 1.05 bits per heavy atom. The molecule has 1 aliphatic carbocycles. The van der Waals surface area contributed by atoms with Gasteiger partial charge >= 0.3 is 0 Å². The van der Waals surface area contributed by atoms with Gasteiger partial charge in [0.15, 0.2) is 0 Å². The number of hydrogen-bond donors (Lipinski definition) is 1. The van der Waals surface area contributed by atoms with E-state index in [-0.39, 0.29) is 5.54 Å². The number of nitrogens with zero attached hydrogens (tertiary/aromatic N) is 1. The summed E-state index contributed by atoms with van der Waals surface area (Å²) in [5.41, 5.74) is 3.48. The molecule has 1 aromatic carbocycles. The fourth-order valence-electron chi connectivity index (χ4n) is 3.73. The topological polar surface area (TPSA) is 23.5 Å². The van der Waals surface area contributed by atoms with Crippen molar-refractivity contribution in [1.82, 2.24) is 4.90 Å². The number of hydrogen-bond acceptors (Lipinski definition) is 2. The Balaban J connectivity index is 2.37.